The molecule has 0 bridgehead atoms. The second-order valence-corrected chi connectivity index (χ2v) is 4.20. The summed E-state index contributed by atoms with van der Waals surface area (Å²) in [6.45, 7) is 11.4. The third kappa shape index (κ3) is 3.46. The number of hydrogen-bond donors (Lipinski definition) is 1. The van der Waals surface area contributed by atoms with Crippen LogP contribution in [-0.4, -0.2) is 11.5 Å². The molecule has 0 saturated heterocycles. The van der Waals surface area contributed by atoms with Crippen molar-refractivity contribution in [3.63, 3.8) is 0 Å². The van der Waals surface area contributed by atoms with Gasteiger partial charge in [-0.1, -0.05) is 19.4 Å². The molecule has 1 aromatic heterocycles. The Kier molecular flexibility index (Phi) is 5.20. The van der Waals surface area contributed by atoms with Crippen LogP contribution in [0.25, 0.3) is 0 Å². The molecule has 16 heavy (non-hydrogen) atoms. The molecule has 88 valence electrons. The Morgan fingerprint density at radius 3 is 2.81 bits per heavy atom. The summed E-state index contributed by atoms with van der Waals surface area (Å²) in [7, 11) is 0. The molecule has 0 spiro atoms. The van der Waals surface area contributed by atoms with Crippen molar-refractivity contribution in [2.45, 2.75) is 39.7 Å². The second-order valence-electron chi connectivity index (χ2n) is 4.20. The highest BCUT2D eigenvalue weighted by atomic mass is 14.9. The van der Waals surface area contributed by atoms with Crippen molar-refractivity contribution in [1.29, 1.82) is 0 Å². The van der Waals surface area contributed by atoms with Gasteiger partial charge in [0.1, 0.15) is 0 Å². The van der Waals surface area contributed by atoms with E-state index in [4.69, 9.17) is 0 Å². The van der Waals surface area contributed by atoms with Gasteiger partial charge in [0.05, 0.1) is 0 Å². The summed E-state index contributed by atoms with van der Waals surface area (Å²) < 4.78 is 0. The molecule has 1 unspecified atom stereocenters. The molecular formula is C14H22N2. The standard InChI is InChI=1S/C14H22N2/c1-5-12-10-15-8-7-13(12)14(16-6-2)9-11(3)4/h7-8,10,14,16H,3,5-6,9H2,1-2,4H3. The predicted octanol–water partition coefficient (Wildman–Crippen LogP) is 3.26. The van der Waals surface area contributed by atoms with E-state index in [1.54, 1.807) is 0 Å². The molecule has 1 atom stereocenters. The van der Waals surface area contributed by atoms with Gasteiger partial charge in [-0.15, -0.1) is 6.58 Å². The van der Waals surface area contributed by atoms with Gasteiger partial charge in [0, 0.05) is 18.4 Å². The average molecular weight is 218 g/mol. The van der Waals surface area contributed by atoms with Gasteiger partial charge < -0.3 is 5.32 Å². The fraction of sp³-hybridized carbons (Fsp3) is 0.500. The van der Waals surface area contributed by atoms with Crippen LogP contribution in [0.1, 0.15) is 44.4 Å². The largest absolute Gasteiger partial charge is 0.310 e. The molecule has 2 nitrogen and oxygen atoms in total. The maximum Gasteiger partial charge on any atom is 0.0361 e. The highest BCUT2D eigenvalue weighted by Gasteiger charge is 2.13. The Balaban J connectivity index is 2.94. The third-order valence-corrected chi connectivity index (χ3v) is 2.70. The molecule has 0 radical (unpaired) electrons. The molecule has 2 heteroatoms. The molecule has 1 aromatic rings. The minimum atomic E-state index is 0.375. The summed E-state index contributed by atoms with van der Waals surface area (Å²) in [6, 6.07) is 2.50. The van der Waals surface area contributed by atoms with E-state index in [2.05, 4.69) is 43.7 Å². The zero-order valence-electron chi connectivity index (χ0n) is 10.6. The number of aromatic nitrogens is 1. The first-order valence-corrected chi connectivity index (χ1v) is 5.99. The van der Waals surface area contributed by atoms with Crippen LogP contribution in [-0.2, 0) is 6.42 Å². The first-order valence-electron chi connectivity index (χ1n) is 5.99. The lowest BCUT2D eigenvalue weighted by Gasteiger charge is -2.20. The average Bonchev–Trinajstić information content (AvgIpc) is 2.28. The maximum atomic E-state index is 4.19. The smallest absolute Gasteiger partial charge is 0.0361 e. The van der Waals surface area contributed by atoms with Crippen LogP contribution in [0.15, 0.2) is 30.6 Å². The molecule has 0 aliphatic carbocycles. The Hall–Kier alpha value is -1.15. The van der Waals surface area contributed by atoms with Gasteiger partial charge in [0.15, 0.2) is 0 Å². The molecule has 1 rings (SSSR count). The Morgan fingerprint density at radius 1 is 1.50 bits per heavy atom. The van der Waals surface area contributed by atoms with Crippen molar-refractivity contribution >= 4 is 0 Å². The van der Waals surface area contributed by atoms with Gasteiger partial charge in [-0.05, 0) is 43.5 Å². The van der Waals surface area contributed by atoms with E-state index >= 15 is 0 Å². The molecule has 0 aromatic carbocycles. The Morgan fingerprint density at radius 2 is 2.25 bits per heavy atom. The Bertz CT molecular complexity index is 344. The van der Waals surface area contributed by atoms with Crippen molar-refractivity contribution in [2.24, 2.45) is 0 Å². The number of rotatable bonds is 6. The number of nitrogens with zero attached hydrogens (tertiary/aromatic N) is 1. The van der Waals surface area contributed by atoms with Gasteiger partial charge in [-0.25, -0.2) is 0 Å². The second kappa shape index (κ2) is 6.44. The van der Waals surface area contributed by atoms with E-state index in [9.17, 15) is 0 Å². The lowest BCUT2D eigenvalue weighted by molar-refractivity contribution is 0.543. The van der Waals surface area contributed by atoms with E-state index in [1.807, 2.05) is 12.4 Å². The highest BCUT2D eigenvalue weighted by Crippen LogP contribution is 2.23. The van der Waals surface area contributed by atoms with Gasteiger partial charge >= 0.3 is 0 Å². The van der Waals surface area contributed by atoms with E-state index < -0.39 is 0 Å². The fourth-order valence-corrected chi connectivity index (χ4v) is 1.96. The van der Waals surface area contributed by atoms with Gasteiger partial charge in [-0.2, -0.15) is 0 Å². The van der Waals surface area contributed by atoms with Crippen LogP contribution >= 0.6 is 0 Å². The van der Waals surface area contributed by atoms with E-state index in [0.29, 0.717) is 6.04 Å². The molecule has 1 N–H and O–H groups in total. The highest BCUT2D eigenvalue weighted by molar-refractivity contribution is 5.27. The summed E-state index contributed by atoms with van der Waals surface area (Å²) in [5.41, 5.74) is 3.90. The van der Waals surface area contributed by atoms with Crippen molar-refractivity contribution in [2.75, 3.05) is 6.54 Å². The predicted molar refractivity (Wildman–Crippen MR) is 69.5 cm³/mol. The summed E-state index contributed by atoms with van der Waals surface area (Å²) in [6.07, 6.45) is 5.86. The minimum absolute atomic E-state index is 0.375. The molecule has 1 heterocycles. The van der Waals surface area contributed by atoms with Gasteiger partial charge in [0.2, 0.25) is 0 Å². The van der Waals surface area contributed by atoms with E-state index in [-0.39, 0.29) is 0 Å². The van der Waals surface area contributed by atoms with Crippen LogP contribution in [0.5, 0.6) is 0 Å². The summed E-state index contributed by atoms with van der Waals surface area (Å²) in [5, 5.41) is 3.52. The van der Waals surface area contributed by atoms with Crippen LogP contribution in [0.3, 0.4) is 0 Å². The van der Waals surface area contributed by atoms with Crippen LogP contribution in [0.4, 0.5) is 0 Å². The minimum Gasteiger partial charge on any atom is -0.310 e. The Labute approximate surface area is 98.8 Å². The molecule has 0 aliphatic heterocycles. The van der Waals surface area contributed by atoms with Gasteiger partial charge in [0.25, 0.3) is 0 Å². The third-order valence-electron chi connectivity index (χ3n) is 2.70. The van der Waals surface area contributed by atoms with E-state index in [1.165, 1.54) is 16.7 Å². The quantitative estimate of drug-likeness (QED) is 0.741. The van der Waals surface area contributed by atoms with Crippen molar-refractivity contribution in [1.82, 2.24) is 10.3 Å². The summed E-state index contributed by atoms with van der Waals surface area (Å²) in [5.74, 6) is 0. The monoisotopic (exact) mass is 218 g/mol. The van der Waals surface area contributed by atoms with Crippen molar-refractivity contribution < 1.29 is 0 Å². The van der Waals surface area contributed by atoms with Crippen molar-refractivity contribution in [3.8, 4) is 0 Å². The van der Waals surface area contributed by atoms with Crippen LogP contribution in [0, 0.1) is 0 Å². The first-order chi connectivity index (χ1) is 7.69. The maximum absolute atomic E-state index is 4.19. The molecular weight excluding hydrogens is 196 g/mol. The van der Waals surface area contributed by atoms with Crippen LogP contribution in [0.2, 0.25) is 0 Å². The van der Waals surface area contributed by atoms with E-state index in [0.717, 1.165) is 19.4 Å². The first kappa shape index (κ1) is 12.9. The van der Waals surface area contributed by atoms with Gasteiger partial charge in [-0.3, -0.25) is 4.98 Å². The lowest BCUT2D eigenvalue weighted by Crippen LogP contribution is -2.22. The SMILES string of the molecule is C=C(C)CC(NCC)c1ccncc1CC. The van der Waals surface area contributed by atoms with Crippen molar-refractivity contribution in [3.05, 3.63) is 41.7 Å². The molecule has 0 fully saturated rings. The zero-order valence-corrected chi connectivity index (χ0v) is 10.6. The summed E-state index contributed by atoms with van der Waals surface area (Å²) in [4.78, 5) is 4.19. The topological polar surface area (TPSA) is 24.9 Å². The van der Waals surface area contributed by atoms with Crippen LogP contribution < -0.4 is 5.32 Å². The number of nitrogens with one attached hydrogen (secondary N) is 1. The zero-order chi connectivity index (χ0) is 12.0. The number of hydrogen-bond acceptors (Lipinski definition) is 2. The normalized spacial score (nSPS) is 12.4. The fourth-order valence-electron chi connectivity index (χ4n) is 1.96. The molecule has 0 aliphatic rings. The number of pyridine rings is 1. The molecule has 0 saturated carbocycles. The number of aryl methyl sites for hydroxylation is 1. The molecule has 0 amide bonds. The lowest BCUT2D eigenvalue weighted by atomic mass is 9.96. The summed E-state index contributed by atoms with van der Waals surface area (Å²) >= 11 is 0.